The minimum Gasteiger partial charge on any atom is -0.393 e. The van der Waals surface area contributed by atoms with Gasteiger partial charge in [-0.3, -0.25) is 0 Å². The second-order valence-electron chi connectivity index (χ2n) is 4.71. The summed E-state index contributed by atoms with van der Waals surface area (Å²) in [4.78, 5) is 8.01. The molecule has 0 saturated heterocycles. The summed E-state index contributed by atoms with van der Waals surface area (Å²) in [6, 6.07) is 0.460. The Kier molecular flexibility index (Phi) is 4.05. The van der Waals surface area contributed by atoms with E-state index in [0.717, 1.165) is 5.92 Å². The molecule has 5 heteroatoms. The van der Waals surface area contributed by atoms with Crippen molar-refractivity contribution in [2.75, 3.05) is 11.1 Å². The van der Waals surface area contributed by atoms with Gasteiger partial charge in [0.05, 0.1) is 0 Å². The Morgan fingerprint density at radius 3 is 3.06 bits per heavy atom. The Labute approximate surface area is 107 Å². The Morgan fingerprint density at radius 2 is 2.29 bits per heavy atom. The maximum Gasteiger partial charge on any atom is 0.157 e. The number of anilines is 2. The fourth-order valence-corrected chi connectivity index (χ4v) is 2.61. The highest BCUT2D eigenvalue weighted by Crippen LogP contribution is 2.30. The molecule has 0 spiro atoms. The number of nitrogens with zero attached hydrogens (tertiary/aromatic N) is 2. The van der Waals surface area contributed by atoms with Crippen LogP contribution in [0.15, 0.2) is 6.33 Å². The van der Waals surface area contributed by atoms with Gasteiger partial charge in [-0.2, -0.15) is 0 Å². The van der Waals surface area contributed by atoms with Crippen LogP contribution in [0, 0.1) is 5.92 Å². The third-order valence-corrected chi connectivity index (χ3v) is 3.84. The van der Waals surface area contributed by atoms with Crippen LogP contribution < -0.4 is 11.1 Å². The van der Waals surface area contributed by atoms with Gasteiger partial charge >= 0.3 is 0 Å². The van der Waals surface area contributed by atoms with Crippen LogP contribution in [-0.4, -0.2) is 16.0 Å². The normalized spacial score (nSPS) is 24.6. The van der Waals surface area contributed by atoms with Crippen molar-refractivity contribution in [3.8, 4) is 0 Å². The molecule has 17 heavy (non-hydrogen) atoms. The number of nitrogen functional groups attached to an aromatic ring is 1. The number of nitrogens with one attached hydrogen (secondary N) is 1. The van der Waals surface area contributed by atoms with Gasteiger partial charge in [0.1, 0.15) is 12.0 Å². The molecule has 4 nitrogen and oxygen atoms in total. The minimum atomic E-state index is 0.324. The Hall–Kier alpha value is -1.03. The first-order valence-electron chi connectivity index (χ1n) is 6.23. The van der Waals surface area contributed by atoms with Crippen LogP contribution in [0.3, 0.4) is 0 Å². The highest BCUT2D eigenvalue weighted by molar-refractivity contribution is 6.32. The number of hydrogen-bond donors (Lipinski definition) is 2. The molecule has 0 aromatic carbocycles. The van der Waals surface area contributed by atoms with Gasteiger partial charge in [0.15, 0.2) is 11.0 Å². The molecule has 1 aromatic rings. The highest BCUT2D eigenvalue weighted by Gasteiger charge is 2.21. The number of nitrogens with two attached hydrogens (primary N) is 1. The van der Waals surface area contributed by atoms with E-state index in [0.29, 0.717) is 22.7 Å². The van der Waals surface area contributed by atoms with Gasteiger partial charge in [-0.05, 0) is 18.8 Å². The molecule has 1 saturated carbocycles. The van der Waals surface area contributed by atoms with Crippen molar-refractivity contribution in [2.45, 2.75) is 45.1 Å². The van der Waals surface area contributed by atoms with E-state index < -0.39 is 0 Å². The Bertz CT molecular complexity index is 383. The third kappa shape index (κ3) is 3.00. The van der Waals surface area contributed by atoms with Crippen molar-refractivity contribution in [3.63, 3.8) is 0 Å². The summed E-state index contributed by atoms with van der Waals surface area (Å²) in [5.41, 5.74) is 6.30. The molecular weight excluding hydrogens is 236 g/mol. The van der Waals surface area contributed by atoms with E-state index in [1.165, 1.54) is 38.4 Å². The van der Waals surface area contributed by atoms with Crippen LogP contribution in [-0.2, 0) is 0 Å². The van der Waals surface area contributed by atoms with Crippen LogP contribution in [0.25, 0.3) is 0 Å². The molecule has 0 aliphatic heterocycles. The fourth-order valence-electron chi connectivity index (χ4n) is 2.48. The molecule has 1 heterocycles. The minimum absolute atomic E-state index is 0.324. The first kappa shape index (κ1) is 12.4. The van der Waals surface area contributed by atoms with Crippen LogP contribution in [0.4, 0.5) is 11.5 Å². The summed E-state index contributed by atoms with van der Waals surface area (Å²) in [6.45, 7) is 2.25. The zero-order valence-corrected chi connectivity index (χ0v) is 10.9. The molecule has 0 amide bonds. The lowest BCUT2D eigenvalue weighted by Crippen LogP contribution is -2.28. The maximum atomic E-state index is 5.87. The standard InChI is InChI=1S/C12H19ClN4/c1-2-8-4-3-5-9(6-8)17-12-10(14)11(13)15-7-16-12/h7-9H,2-6,14H2,1H3,(H,15,16,17). The van der Waals surface area contributed by atoms with E-state index in [1.54, 1.807) is 0 Å². The fraction of sp³-hybridized carbons (Fsp3) is 0.667. The van der Waals surface area contributed by atoms with Crippen molar-refractivity contribution in [3.05, 3.63) is 11.5 Å². The van der Waals surface area contributed by atoms with Gasteiger partial charge < -0.3 is 11.1 Å². The van der Waals surface area contributed by atoms with Crippen LogP contribution in [0.5, 0.6) is 0 Å². The zero-order chi connectivity index (χ0) is 12.3. The quantitative estimate of drug-likeness (QED) is 0.814. The summed E-state index contributed by atoms with van der Waals surface area (Å²) >= 11 is 5.87. The molecular formula is C12H19ClN4. The first-order valence-corrected chi connectivity index (χ1v) is 6.61. The van der Waals surface area contributed by atoms with Crippen molar-refractivity contribution in [1.82, 2.24) is 9.97 Å². The van der Waals surface area contributed by atoms with E-state index >= 15 is 0 Å². The van der Waals surface area contributed by atoms with Gasteiger partial charge in [-0.1, -0.05) is 37.8 Å². The molecule has 1 aromatic heterocycles. The molecule has 94 valence electrons. The van der Waals surface area contributed by atoms with E-state index in [1.807, 2.05) is 0 Å². The second-order valence-corrected chi connectivity index (χ2v) is 5.07. The van der Waals surface area contributed by atoms with Gasteiger partial charge in [0, 0.05) is 6.04 Å². The van der Waals surface area contributed by atoms with Crippen molar-refractivity contribution < 1.29 is 0 Å². The second kappa shape index (κ2) is 5.54. The lowest BCUT2D eigenvalue weighted by atomic mass is 9.84. The van der Waals surface area contributed by atoms with Crippen LogP contribution in [0.2, 0.25) is 5.15 Å². The molecule has 1 aliphatic carbocycles. The topological polar surface area (TPSA) is 63.8 Å². The summed E-state index contributed by atoms with van der Waals surface area (Å²) in [5, 5.41) is 3.72. The van der Waals surface area contributed by atoms with Gasteiger partial charge in [0.25, 0.3) is 0 Å². The average Bonchev–Trinajstić information content (AvgIpc) is 2.35. The average molecular weight is 255 g/mol. The Morgan fingerprint density at radius 1 is 1.47 bits per heavy atom. The molecule has 2 atom stereocenters. The van der Waals surface area contributed by atoms with Crippen LogP contribution in [0.1, 0.15) is 39.0 Å². The molecule has 1 aliphatic rings. The predicted molar refractivity (Wildman–Crippen MR) is 71.1 cm³/mol. The lowest BCUT2D eigenvalue weighted by Gasteiger charge is -2.29. The number of rotatable bonds is 3. The third-order valence-electron chi connectivity index (χ3n) is 3.54. The zero-order valence-electron chi connectivity index (χ0n) is 10.1. The van der Waals surface area contributed by atoms with Gasteiger partial charge in [0.2, 0.25) is 0 Å². The van der Waals surface area contributed by atoms with Crippen molar-refractivity contribution >= 4 is 23.1 Å². The largest absolute Gasteiger partial charge is 0.393 e. The molecule has 3 N–H and O–H groups in total. The maximum absolute atomic E-state index is 5.87. The predicted octanol–water partition coefficient (Wildman–Crippen LogP) is 3.09. The summed E-state index contributed by atoms with van der Waals surface area (Å²) < 4.78 is 0. The molecule has 0 radical (unpaired) electrons. The highest BCUT2D eigenvalue weighted by atomic mass is 35.5. The van der Waals surface area contributed by atoms with E-state index in [-0.39, 0.29) is 0 Å². The van der Waals surface area contributed by atoms with E-state index in [4.69, 9.17) is 17.3 Å². The molecule has 2 unspecified atom stereocenters. The lowest BCUT2D eigenvalue weighted by molar-refractivity contribution is 0.327. The summed E-state index contributed by atoms with van der Waals surface area (Å²) in [5.74, 6) is 1.49. The smallest absolute Gasteiger partial charge is 0.157 e. The van der Waals surface area contributed by atoms with E-state index in [2.05, 4.69) is 22.2 Å². The Balaban J connectivity index is 2.02. The van der Waals surface area contributed by atoms with Crippen molar-refractivity contribution in [2.24, 2.45) is 5.92 Å². The number of halogens is 1. The number of aromatic nitrogens is 2. The SMILES string of the molecule is CCC1CCCC(Nc2ncnc(Cl)c2N)C1. The molecule has 2 rings (SSSR count). The summed E-state index contributed by atoms with van der Waals surface area (Å²) in [6.07, 6.45) is 7.68. The van der Waals surface area contributed by atoms with Crippen molar-refractivity contribution in [1.29, 1.82) is 0 Å². The van der Waals surface area contributed by atoms with Gasteiger partial charge in [-0.15, -0.1) is 0 Å². The first-order chi connectivity index (χ1) is 8.20. The molecule has 0 bridgehead atoms. The summed E-state index contributed by atoms with van der Waals surface area (Å²) in [7, 11) is 0. The monoisotopic (exact) mass is 254 g/mol. The molecule has 1 fully saturated rings. The van der Waals surface area contributed by atoms with Crippen LogP contribution >= 0.6 is 11.6 Å². The van der Waals surface area contributed by atoms with E-state index in [9.17, 15) is 0 Å². The number of hydrogen-bond acceptors (Lipinski definition) is 4. The van der Waals surface area contributed by atoms with Gasteiger partial charge in [-0.25, -0.2) is 9.97 Å².